The maximum atomic E-state index is 12.7. The summed E-state index contributed by atoms with van der Waals surface area (Å²) in [6, 6.07) is 7.24. The molecule has 1 aliphatic rings. The molecule has 1 amide bonds. The fourth-order valence-electron chi connectivity index (χ4n) is 3.53. The summed E-state index contributed by atoms with van der Waals surface area (Å²) in [6.45, 7) is 5.45. The molecule has 2 aromatic carbocycles. The molecule has 2 aromatic rings. The van der Waals surface area contributed by atoms with Crippen molar-refractivity contribution in [2.75, 3.05) is 13.7 Å². The number of nitrogens with one attached hydrogen (secondary N) is 1. The number of carbonyl (C=O) groups excluding carboxylic acids is 1. The molecule has 0 saturated heterocycles. The van der Waals surface area contributed by atoms with E-state index in [1.165, 1.54) is 0 Å². The van der Waals surface area contributed by atoms with Gasteiger partial charge in [-0.05, 0) is 56.2 Å². The van der Waals surface area contributed by atoms with E-state index in [9.17, 15) is 9.59 Å². The third-order valence-corrected chi connectivity index (χ3v) is 4.80. The molecule has 1 atom stereocenters. The van der Waals surface area contributed by atoms with Gasteiger partial charge in [-0.2, -0.15) is 0 Å². The molecular formula is C22H25NO6. The topological polar surface area (TPSA) is 94.1 Å². The Morgan fingerprint density at radius 3 is 2.52 bits per heavy atom. The van der Waals surface area contributed by atoms with Crippen molar-refractivity contribution in [3.05, 3.63) is 52.1 Å². The second-order valence-corrected chi connectivity index (χ2v) is 7.21. The number of aryl methyl sites for hydroxylation is 2. The average Bonchev–Trinajstić information content (AvgIpc) is 3.02. The molecule has 0 aliphatic carbocycles. The molecule has 1 unspecified atom stereocenters. The van der Waals surface area contributed by atoms with Crippen LogP contribution in [0.5, 0.6) is 17.2 Å². The molecular weight excluding hydrogens is 374 g/mol. The van der Waals surface area contributed by atoms with Gasteiger partial charge in [0.2, 0.25) is 0 Å². The van der Waals surface area contributed by atoms with Gasteiger partial charge in [0.05, 0.1) is 7.11 Å². The zero-order valence-electron chi connectivity index (χ0n) is 17.0. The Bertz CT molecular complexity index is 930. The van der Waals surface area contributed by atoms with Crippen molar-refractivity contribution in [2.45, 2.75) is 39.8 Å². The summed E-state index contributed by atoms with van der Waals surface area (Å²) in [6.07, 6.45) is 0.972. The van der Waals surface area contributed by atoms with E-state index in [2.05, 4.69) is 5.32 Å². The van der Waals surface area contributed by atoms with Gasteiger partial charge in [-0.15, -0.1) is 0 Å². The van der Waals surface area contributed by atoms with E-state index in [1.54, 1.807) is 33.1 Å². The number of fused-ring (bicyclic) bond motifs is 1. The lowest BCUT2D eigenvalue weighted by atomic mass is 10.0. The van der Waals surface area contributed by atoms with Crippen molar-refractivity contribution in [3.63, 3.8) is 0 Å². The molecule has 3 rings (SSSR count). The van der Waals surface area contributed by atoms with Crippen LogP contribution in [0.2, 0.25) is 0 Å². The lowest BCUT2D eigenvalue weighted by Crippen LogP contribution is -2.23. The quantitative estimate of drug-likeness (QED) is 0.743. The first-order valence-corrected chi connectivity index (χ1v) is 9.39. The maximum absolute atomic E-state index is 12.7. The first-order chi connectivity index (χ1) is 13.8. The second kappa shape index (κ2) is 8.43. The lowest BCUT2D eigenvalue weighted by Gasteiger charge is -2.14. The maximum Gasteiger partial charge on any atom is 0.341 e. The zero-order valence-corrected chi connectivity index (χ0v) is 17.0. The molecule has 0 spiro atoms. The van der Waals surface area contributed by atoms with Crippen LogP contribution in [0.25, 0.3) is 0 Å². The highest BCUT2D eigenvalue weighted by Crippen LogP contribution is 2.35. The van der Waals surface area contributed by atoms with E-state index in [-0.39, 0.29) is 12.0 Å². The standard InChI is InChI=1S/C22H25NO6/c1-12-5-16(6-13(2)21(12)28-11-20(24)25)22(26)23-10-17-9-19-15(7-14(3)29-19)8-18(17)27-4/h5-6,8-9,14H,7,10-11H2,1-4H3,(H,23,26)(H,24,25). The van der Waals surface area contributed by atoms with Crippen LogP contribution in [0.1, 0.15) is 39.5 Å². The van der Waals surface area contributed by atoms with Crippen LogP contribution in [0.4, 0.5) is 0 Å². The smallest absolute Gasteiger partial charge is 0.341 e. The normalized spacial score (nSPS) is 14.7. The van der Waals surface area contributed by atoms with E-state index >= 15 is 0 Å². The summed E-state index contributed by atoms with van der Waals surface area (Å²) >= 11 is 0. The fourth-order valence-corrected chi connectivity index (χ4v) is 3.53. The number of methoxy groups -OCH3 is 1. The Hall–Kier alpha value is -3.22. The van der Waals surface area contributed by atoms with Gasteiger partial charge in [0.1, 0.15) is 23.4 Å². The van der Waals surface area contributed by atoms with Gasteiger partial charge in [-0.3, -0.25) is 4.79 Å². The minimum atomic E-state index is -1.05. The molecule has 154 valence electrons. The first kappa shape index (κ1) is 20.5. The number of amides is 1. The van der Waals surface area contributed by atoms with Gasteiger partial charge in [-0.25, -0.2) is 4.79 Å². The summed E-state index contributed by atoms with van der Waals surface area (Å²) < 4.78 is 16.6. The summed E-state index contributed by atoms with van der Waals surface area (Å²) in [5, 5.41) is 11.7. The zero-order chi connectivity index (χ0) is 21.1. The van der Waals surface area contributed by atoms with Crippen molar-refractivity contribution in [1.29, 1.82) is 0 Å². The van der Waals surface area contributed by atoms with Crippen molar-refractivity contribution >= 4 is 11.9 Å². The highest BCUT2D eigenvalue weighted by molar-refractivity contribution is 5.95. The molecule has 7 nitrogen and oxygen atoms in total. The predicted molar refractivity (Wildman–Crippen MR) is 107 cm³/mol. The van der Waals surface area contributed by atoms with Crippen LogP contribution >= 0.6 is 0 Å². The molecule has 1 heterocycles. The van der Waals surface area contributed by atoms with E-state index in [0.29, 0.717) is 34.7 Å². The highest BCUT2D eigenvalue weighted by atomic mass is 16.5. The predicted octanol–water partition coefficient (Wildman–Crippen LogP) is 3.03. The van der Waals surface area contributed by atoms with E-state index in [0.717, 1.165) is 23.3 Å². The molecule has 0 aromatic heterocycles. The number of hydrogen-bond donors (Lipinski definition) is 2. The third kappa shape index (κ3) is 4.62. The number of hydrogen-bond acceptors (Lipinski definition) is 5. The lowest BCUT2D eigenvalue weighted by molar-refractivity contribution is -0.139. The van der Waals surface area contributed by atoms with Crippen LogP contribution in [0, 0.1) is 13.8 Å². The molecule has 29 heavy (non-hydrogen) atoms. The van der Waals surface area contributed by atoms with Crippen LogP contribution in [0.15, 0.2) is 24.3 Å². The molecule has 0 fully saturated rings. The summed E-state index contributed by atoms with van der Waals surface area (Å²) in [5.74, 6) is 0.737. The number of carbonyl (C=O) groups is 2. The van der Waals surface area contributed by atoms with Crippen LogP contribution in [-0.4, -0.2) is 36.8 Å². The number of rotatable bonds is 7. The molecule has 0 bridgehead atoms. The van der Waals surface area contributed by atoms with Crippen molar-refractivity contribution in [1.82, 2.24) is 5.32 Å². The van der Waals surface area contributed by atoms with Crippen molar-refractivity contribution in [3.8, 4) is 17.2 Å². The molecule has 0 saturated carbocycles. The largest absolute Gasteiger partial charge is 0.496 e. The van der Waals surface area contributed by atoms with Gasteiger partial charge in [0, 0.05) is 29.7 Å². The average molecular weight is 399 g/mol. The van der Waals surface area contributed by atoms with Gasteiger partial charge >= 0.3 is 5.97 Å². The monoisotopic (exact) mass is 399 g/mol. The van der Waals surface area contributed by atoms with E-state index in [4.69, 9.17) is 19.3 Å². The van der Waals surface area contributed by atoms with Gasteiger partial charge in [-0.1, -0.05) is 0 Å². The second-order valence-electron chi connectivity index (χ2n) is 7.21. The number of benzene rings is 2. The summed E-state index contributed by atoms with van der Waals surface area (Å²) in [5.41, 5.74) is 3.83. The Morgan fingerprint density at radius 1 is 1.21 bits per heavy atom. The third-order valence-electron chi connectivity index (χ3n) is 4.80. The first-order valence-electron chi connectivity index (χ1n) is 9.39. The van der Waals surface area contributed by atoms with E-state index < -0.39 is 12.6 Å². The number of carboxylic acids is 1. The molecule has 1 aliphatic heterocycles. The number of ether oxygens (including phenoxy) is 3. The van der Waals surface area contributed by atoms with Gasteiger partial charge in [0.25, 0.3) is 5.91 Å². The van der Waals surface area contributed by atoms with Crippen LogP contribution in [0.3, 0.4) is 0 Å². The van der Waals surface area contributed by atoms with Crippen molar-refractivity contribution < 1.29 is 28.9 Å². The summed E-state index contributed by atoms with van der Waals surface area (Å²) in [4.78, 5) is 23.4. The fraction of sp³-hybridized carbons (Fsp3) is 0.364. The Labute approximate surface area is 169 Å². The van der Waals surface area contributed by atoms with Crippen molar-refractivity contribution in [2.24, 2.45) is 0 Å². The SMILES string of the molecule is COc1cc2c(cc1CNC(=O)c1cc(C)c(OCC(=O)O)c(C)c1)OC(C)C2. The van der Waals surface area contributed by atoms with Crippen LogP contribution in [-0.2, 0) is 17.8 Å². The Morgan fingerprint density at radius 2 is 1.90 bits per heavy atom. The summed E-state index contributed by atoms with van der Waals surface area (Å²) in [7, 11) is 1.61. The Balaban J connectivity index is 1.73. The van der Waals surface area contributed by atoms with E-state index in [1.807, 2.05) is 19.1 Å². The highest BCUT2D eigenvalue weighted by Gasteiger charge is 2.22. The molecule has 0 radical (unpaired) electrons. The minimum absolute atomic E-state index is 0.132. The number of aliphatic carboxylic acids is 1. The molecule has 2 N–H and O–H groups in total. The Kier molecular flexibility index (Phi) is 5.96. The minimum Gasteiger partial charge on any atom is -0.496 e. The van der Waals surface area contributed by atoms with Gasteiger partial charge < -0.3 is 24.6 Å². The molecule has 7 heteroatoms. The van der Waals surface area contributed by atoms with Crippen LogP contribution < -0.4 is 19.5 Å². The van der Waals surface area contributed by atoms with Gasteiger partial charge in [0.15, 0.2) is 6.61 Å². The number of carboxylic acid groups (broad SMARTS) is 1.